The molecule has 6 nitrogen and oxygen atoms in total. The summed E-state index contributed by atoms with van der Waals surface area (Å²) in [6.45, 7) is 2.64. The summed E-state index contributed by atoms with van der Waals surface area (Å²) < 4.78 is 35.9. The van der Waals surface area contributed by atoms with Crippen molar-refractivity contribution in [1.29, 1.82) is 0 Å². The Morgan fingerprint density at radius 3 is 1.67 bits per heavy atom. The van der Waals surface area contributed by atoms with Crippen LogP contribution >= 0.6 is 0 Å². The molecule has 144 valence electrons. The van der Waals surface area contributed by atoms with Gasteiger partial charge in [-0.25, -0.2) is 17.0 Å². The van der Waals surface area contributed by atoms with Gasteiger partial charge in [-0.1, -0.05) is 7.43 Å². The molecule has 2 aliphatic heterocycles. The molecule has 0 aromatic heterocycles. The summed E-state index contributed by atoms with van der Waals surface area (Å²) in [6.07, 6.45) is 8.83. The van der Waals surface area contributed by atoms with E-state index in [4.69, 9.17) is 0 Å². The van der Waals surface area contributed by atoms with Crippen molar-refractivity contribution >= 4 is 31.4 Å². The first kappa shape index (κ1) is 23.6. The molecule has 1 unspecified atom stereocenters. The number of hydrogen-bond donors (Lipinski definition) is 0. The Kier molecular flexibility index (Phi) is 10.3. The maximum Gasteiger partial charge on any atom is 0.213 e. The van der Waals surface area contributed by atoms with Crippen LogP contribution in [0.3, 0.4) is 0 Å². The third-order valence-electron chi connectivity index (χ3n) is 4.12. The van der Waals surface area contributed by atoms with E-state index in [0.717, 1.165) is 45.2 Å². The monoisotopic (exact) mass is 382 g/mol. The summed E-state index contributed by atoms with van der Waals surface area (Å²) in [4.78, 5) is 10.2. The molecule has 8 heteroatoms. The van der Waals surface area contributed by atoms with Crippen LogP contribution in [0.2, 0.25) is 0 Å². The van der Waals surface area contributed by atoms with Crippen molar-refractivity contribution in [3.05, 3.63) is 0 Å². The average Bonchev–Trinajstić information content (AvgIpc) is 3.15. The molecule has 1 saturated carbocycles. The van der Waals surface area contributed by atoms with E-state index in [1.165, 1.54) is 17.1 Å². The zero-order chi connectivity index (χ0) is 17.5. The Bertz CT molecular complexity index is 571. The summed E-state index contributed by atoms with van der Waals surface area (Å²) in [5.41, 5.74) is 0. The lowest BCUT2D eigenvalue weighted by Crippen LogP contribution is -2.25. The minimum Gasteiger partial charge on any atom is -0.300 e. The van der Waals surface area contributed by atoms with Crippen molar-refractivity contribution in [3.8, 4) is 0 Å². The second-order valence-electron chi connectivity index (χ2n) is 6.33. The first-order chi connectivity index (χ1) is 10.6. The van der Waals surface area contributed by atoms with Crippen LogP contribution in [0.4, 0.5) is 0 Å². The molecular weight excluding hydrogens is 348 g/mol. The highest BCUT2D eigenvalue weighted by atomic mass is 32.2. The molecule has 3 aliphatic rings. The molecule has 0 radical (unpaired) electrons. The number of ketones is 1. The first-order valence-corrected chi connectivity index (χ1v) is 11.9. The van der Waals surface area contributed by atoms with Crippen LogP contribution in [-0.2, 0) is 24.5 Å². The van der Waals surface area contributed by atoms with Crippen LogP contribution in [0.25, 0.3) is 0 Å². The van der Waals surface area contributed by atoms with Gasteiger partial charge < -0.3 is 0 Å². The fraction of sp³-hybridized carbons (Fsp3) is 0.875. The summed E-state index contributed by atoms with van der Waals surface area (Å²) in [6, 6.07) is 0. The average molecular weight is 383 g/mol. The topological polar surface area (TPSA) is 74.8 Å². The molecule has 1 atom stereocenters. The Morgan fingerprint density at radius 1 is 1.00 bits per heavy atom. The van der Waals surface area contributed by atoms with Gasteiger partial charge in [-0.3, -0.25) is 9.00 Å². The Balaban J connectivity index is 0.000000330. The highest BCUT2D eigenvalue weighted by Gasteiger charge is 2.23. The molecule has 0 aromatic rings. The maximum atomic E-state index is 11.2. The van der Waals surface area contributed by atoms with E-state index in [2.05, 4.69) is 5.87 Å². The number of carbonyl (C=O) groups excluding carboxylic acids is 1. The lowest BCUT2D eigenvalue weighted by Gasteiger charge is -2.15. The fourth-order valence-corrected chi connectivity index (χ4v) is 4.85. The van der Waals surface area contributed by atoms with Gasteiger partial charge in [0, 0.05) is 55.5 Å². The smallest absolute Gasteiger partial charge is 0.213 e. The van der Waals surface area contributed by atoms with Gasteiger partial charge in [-0.2, -0.15) is 0 Å². The van der Waals surface area contributed by atoms with Gasteiger partial charge in [0.05, 0.1) is 5.75 Å². The van der Waals surface area contributed by atoms with Crippen molar-refractivity contribution in [2.24, 2.45) is 0 Å². The highest BCUT2D eigenvalue weighted by molar-refractivity contribution is 7.97. The minimum absolute atomic E-state index is 0. The quantitative estimate of drug-likeness (QED) is 0.648. The third kappa shape index (κ3) is 8.60. The van der Waals surface area contributed by atoms with Gasteiger partial charge in [0.1, 0.15) is 5.78 Å². The summed E-state index contributed by atoms with van der Waals surface area (Å²) in [5.74, 6) is 4.40. The molecule has 24 heavy (non-hydrogen) atoms. The Morgan fingerprint density at radius 2 is 1.50 bits per heavy atom. The van der Waals surface area contributed by atoms with Gasteiger partial charge in [0.2, 0.25) is 10.0 Å². The van der Waals surface area contributed by atoms with E-state index in [0.29, 0.717) is 18.1 Å². The molecule has 0 bridgehead atoms. The number of sulfonamides is 1. The van der Waals surface area contributed by atoms with Crippen LogP contribution in [0, 0.1) is 0 Å². The van der Waals surface area contributed by atoms with Crippen LogP contribution in [0.5, 0.6) is 0 Å². The predicted octanol–water partition coefficient (Wildman–Crippen LogP) is 1.76. The number of hydrogen-bond acceptors (Lipinski definition) is 4. The largest absolute Gasteiger partial charge is 0.300 e. The minimum atomic E-state index is -2.79. The molecular formula is C16H34N2O4S2. The SMILES string of the molecule is C.C=S(C)(=O)N1CCCC1.CN1CCCS1(=O)=O.O=C1CCCC1. The lowest BCUT2D eigenvalue weighted by molar-refractivity contribution is -0.117. The molecule has 2 saturated heterocycles. The molecule has 0 N–H and O–H groups in total. The molecule has 0 amide bonds. The second-order valence-corrected chi connectivity index (χ2v) is 11.0. The van der Waals surface area contributed by atoms with Gasteiger partial charge in [-0.15, -0.1) is 0 Å². The third-order valence-corrected chi connectivity index (χ3v) is 7.52. The Labute approximate surface area is 148 Å². The standard InChI is InChI=1S/C6H13NOS.C5H8O.C4H9NO2S.CH4/c1-9(2,8)7-5-3-4-6-7;6-5-3-1-2-4-5;1-5-3-2-4-8(5,6)7;/h1,3-6H2,2H3;1-4H2;2-4H2,1H3;1H4. The zero-order valence-corrected chi connectivity index (χ0v) is 16.0. The zero-order valence-electron chi connectivity index (χ0n) is 14.3. The predicted molar refractivity (Wildman–Crippen MR) is 103 cm³/mol. The molecule has 0 aromatic carbocycles. The van der Waals surface area contributed by atoms with Gasteiger partial charge >= 0.3 is 0 Å². The van der Waals surface area contributed by atoms with Crippen LogP contribution in [0.1, 0.15) is 52.4 Å². The molecule has 0 spiro atoms. The lowest BCUT2D eigenvalue weighted by atomic mass is 10.4. The highest BCUT2D eigenvalue weighted by Crippen LogP contribution is 2.11. The van der Waals surface area contributed by atoms with Crippen LogP contribution in [0.15, 0.2) is 0 Å². The van der Waals surface area contributed by atoms with Crippen LogP contribution < -0.4 is 0 Å². The van der Waals surface area contributed by atoms with Crippen molar-refractivity contribution in [3.63, 3.8) is 0 Å². The van der Waals surface area contributed by atoms with Gasteiger partial charge in [0.25, 0.3) is 0 Å². The Hall–Kier alpha value is -0.440. The van der Waals surface area contributed by atoms with E-state index in [1.807, 2.05) is 4.31 Å². The fourth-order valence-electron chi connectivity index (χ4n) is 2.61. The van der Waals surface area contributed by atoms with E-state index in [9.17, 15) is 17.4 Å². The van der Waals surface area contributed by atoms with Gasteiger partial charge in [0.15, 0.2) is 0 Å². The number of Topliss-reactive ketones (excluding diaryl/α,β-unsaturated/α-hetero) is 1. The normalized spacial score (nSPS) is 25.7. The van der Waals surface area contributed by atoms with E-state index < -0.39 is 19.7 Å². The molecule has 1 aliphatic carbocycles. The number of rotatable bonds is 1. The number of carbonyl (C=O) groups is 1. The van der Waals surface area contributed by atoms with Crippen molar-refractivity contribution in [2.45, 2.75) is 52.4 Å². The van der Waals surface area contributed by atoms with Crippen molar-refractivity contribution in [1.82, 2.24) is 8.61 Å². The first-order valence-electron chi connectivity index (χ1n) is 8.16. The maximum absolute atomic E-state index is 11.2. The molecule has 2 heterocycles. The van der Waals surface area contributed by atoms with Crippen molar-refractivity contribution in [2.75, 3.05) is 38.7 Å². The van der Waals surface area contributed by atoms with E-state index in [-0.39, 0.29) is 7.43 Å². The second kappa shape index (κ2) is 10.5. The summed E-state index contributed by atoms with van der Waals surface area (Å²) in [7, 11) is -3.05. The number of nitrogens with zero attached hydrogens (tertiary/aromatic N) is 2. The molecule has 3 rings (SSSR count). The van der Waals surface area contributed by atoms with E-state index in [1.54, 1.807) is 13.3 Å². The van der Waals surface area contributed by atoms with E-state index >= 15 is 0 Å². The summed E-state index contributed by atoms with van der Waals surface area (Å²) >= 11 is 0. The van der Waals surface area contributed by atoms with Crippen molar-refractivity contribution < 1.29 is 17.4 Å². The molecule has 3 fully saturated rings. The summed E-state index contributed by atoms with van der Waals surface area (Å²) in [5, 5.41) is 0. The van der Waals surface area contributed by atoms with Crippen LogP contribution in [-0.4, -0.2) is 71.6 Å². The van der Waals surface area contributed by atoms with Gasteiger partial charge in [-0.05, 0) is 38.0 Å².